The number of nitrogens with two attached hydrogens (primary N) is 1. The Labute approximate surface area is 179 Å². The minimum Gasteiger partial charge on any atom is -0.388 e. The minimum atomic E-state index is -0.169. The van der Waals surface area contributed by atoms with E-state index in [0.717, 1.165) is 24.5 Å². The number of guanidine groups is 1. The minimum absolute atomic E-state index is 0.0712. The van der Waals surface area contributed by atoms with Crippen LogP contribution in [0.2, 0.25) is 0 Å². The Bertz CT molecular complexity index is 743. The zero-order valence-electron chi connectivity index (χ0n) is 18.2. The molecule has 0 radical (unpaired) electrons. The van der Waals surface area contributed by atoms with Gasteiger partial charge in [-0.15, -0.1) is 0 Å². The van der Waals surface area contributed by atoms with E-state index in [-0.39, 0.29) is 11.7 Å². The van der Waals surface area contributed by atoms with E-state index in [1.807, 2.05) is 23.9 Å². The van der Waals surface area contributed by atoms with E-state index in [1.54, 1.807) is 0 Å². The zero-order chi connectivity index (χ0) is 21.3. The first-order valence-electron chi connectivity index (χ1n) is 11.4. The summed E-state index contributed by atoms with van der Waals surface area (Å²) in [7, 11) is 1.86. The second kappa shape index (κ2) is 11.0. The van der Waals surface area contributed by atoms with E-state index < -0.39 is 0 Å². The SMILES string of the molecule is Cn1cc(NC(=NC2CCCCC2)NC2CCCCC2)cc1C(=O)NCCC(=N)N. The highest BCUT2D eigenvalue weighted by molar-refractivity contribution is 5.98. The first-order valence-corrected chi connectivity index (χ1v) is 11.4. The number of aromatic nitrogens is 1. The lowest BCUT2D eigenvalue weighted by molar-refractivity contribution is 0.0946. The molecule has 2 saturated carbocycles. The van der Waals surface area contributed by atoms with Crippen LogP contribution in [0.5, 0.6) is 0 Å². The van der Waals surface area contributed by atoms with Crippen LogP contribution < -0.4 is 21.7 Å². The van der Waals surface area contributed by atoms with E-state index >= 15 is 0 Å². The molecule has 0 bridgehead atoms. The van der Waals surface area contributed by atoms with Crippen LogP contribution >= 0.6 is 0 Å². The number of nitrogens with zero attached hydrogens (tertiary/aromatic N) is 2. The van der Waals surface area contributed by atoms with Crippen molar-refractivity contribution >= 4 is 23.4 Å². The Morgan fingerprint density at radius 1 is 1.17 bits per heavy atom. The van der Waals surface area contributed by atoms with Crippen molar-refractivity contribution in [3.05, 3.63) is 18.0 Å². The van der Waals surface area contributed by atoms with E-state index in [2.05, 4.69) is 16.0 Å². The fraction of sp³-hybridized carbons (Fsp3) is 0.682. The first kappa shape index (κ1) is 22.2. The number of anilines is 1. The summed E-state index contributed by atoms with van der Waals surface area (Å²) in [6, 6.07) is 2.68. The predicted molar refractivity (Wildman–Crippen MR) is 122 cm³/mol. The molecule has 0 spiro atoms. The van der Waals surface area contributed by atoms with Gasteiger partial charge in [-0.3, -0.25) is 10.2 Å². The average molecular weight is 416 g/mol. The molecule has 8 nitrogen and oxygen atoms in total. The standard InChI is InChI=1S/C22H37N7O/c1-29-15-18(14-19(29)21(30)25-13-12-20(23)24)28-22(26-16-8-4-2-5-9-16)27-17-10-6-3-7-11-17/h14-17H,2-13H2,1H3,(H3,23,24)(H,25,30)(H2,26,27,28). The maximum Gasteiger partial charge on any atom is 0.267 e. The highest BCUT2D eigenvalue weighted by Crippen LogP contribution is 2.22. The van der Waals surface area contributed by atoms with E-state index in [0.29, 0.717) is 30.7 Å². The number of amidine groups is 1. The zero-order valence-corrected chi connectivity index (χ0v) is 18.2. The Kier molecular flexibility index (Phi) is 8.16. The number of rotatable bonds is 7. The molecule has 0 aromatic carbocycles. The summed E-state index contributed by atoms with van der Waals surface area (Å²) in [5, 5.41) is 17.2. The lowest BCUT2D eigenvalue weighted by atomic mass is 9.95. The van der Waals surface area contributed by atoms with Gasteiger partial charge in [-0.1, -0.05) is 38.5 Å². The van der Waals surface area contributed by atoms with Gasteiger partial charge in [-0.25, -0.2) is 4.99 Å². The third kappa shape index (κ3) is 6.78. The van der Waals surface area contributed by atoms with Crippen LogP contribution in [0.4, 0.5) is 5.69 Å². The van der Waals surface area contributed by atoms with Crippen LogP contribution in [0.15, 0.2) is 17.3 Å². The summed E-state index contributed by atoms with van der Waals surface area (Å²) in [6.45, 7) is 0.361. The number of carbonyl (C=O) groups excluding carboxylic acids is 1. The molecule has 30 heavy (non-hydrogen) atoms. The molecule has 1 aromatic heterocycles. The summed E-state index contributed by atoms with van der Waals surface area (Å²) >= 11 is 0. The highest BCUT2D eigenvalue weighted by atomic mass is 16.1. The summed E-state index contributed by atoms with van der Waals surface area (Å²) in [4.78, 5) is 17.5. The lowest BCUT2D eigenvalue weighted by Crippen LogP contribution is -2.41. The Balaban J connectivity index is 1.67. The molecular weight excluding hydrogens is 378 g/mol. The van der Waals surface area contributed by atoms with Crippen LogP contribution in [0.3, 0.4) is 0 Å². The maximum atomic E-state index is 12.5. The Morgan fingerprint density at radius 3 is 2.50 bits per heavy atom. The molecule has 8 heteroatoms. The summed E-state index contributed by atoms with van der Waals surface area (Å²) in [5.74, 6) is 0.739. The van der Waals surface area contributed by atoms with E-state index in [1.165, 1.54) is 51.4 Å². The molecule has 1 amide bonds. The lowest BCUT2D eigenvalue weighted by Gasteiger charge is -2.26. The largest absolute Gasteiger partial charge is 0.388 e. The normalized spacial score (nSPS) is 18.8. The molecule has 0 unspecified atom stereocenters. The van der Waals surface area contributed by atoms with Gasteiger partial charge in [-0.2, -0.15) is 0 Å². The molecule has 1 heterocycles. The van der Waals surface area contributed by atoms with Gasteiger partial charge in [0.25, 0.3) is 5.91 Å². The van der Waals surface area contributed by atoms with E-state index in [4.69, 9.17) is 16.1 Å². The van der Waals surface area contributed by atoms with E-state index in [9.17, 15) is 4.79 Å². The molecule has 2 aliphatic carbocycles. The average Bonchev–Trinajstić information content (AvgIpc) is 3.09. The van der Waals surface area contributed by atoms with Crippen LogP contribution in [-0.2, 0) is 7.05 Å². The first-order chi connectivity index (χ1) is 14.5. The second-order valence-electron chi connectivity index (χ2n) is 8.63. The number of hydrogen-bond donors (Lipinski definition) is 5. The van der Waals surface area contributed by atoms with Gasteiger partial charge in [0.1, 0.15) is 5.69 Å². The molecule has 2 fully saturated rings. The molecule has 2 aliphatic rings. The fourth-order valence-corrected chi connectivity index (χ4v) is 4.34. The van der Waals surface area contributed by atoms with Gasteiger partial charge in [0, 0.05) is 32.3 Å². The Morgan fingerprint density at radius 2 is 1.83 bits per heavy atom. The molecule has 0 atom stereocenters. The van der Waals surface area contributed by atoms with Crippen molar-refractivity contribution in [2.45, 2.75) is 82.7 Å². The second-order valence-corrected chi connectivity index (χ2v) is 8.63. The number of amides is 1. The number of aryl methyl sites for hydroxylation is 1. The van der Waals surface area contributed by atoms with Crippen molar-refractivity contribution in [1.29, 1.82) is 5.41 Å². The molecule has 3 rings (SSSR count). The topological polar surface area (TPSA) is 120 Å². The number of aliphatic imine (C=N–C) groups is 1. The number of nitrogens with one attached hydrogen (secondary N) is 4. The molecule has 166 valence electrons. The monoisotopic (exact) mass is 415 g/mol. The maximum absolute atomic E-state index is 12.5. The van der Waals surface area contributed by atoms with Gasteiger partial charge in [0.05, 0.1) is 17.6 Å². The summed E-state index contributed by atoms with van der Waals surface area (Å²) in [6.07, 6.45) is 14.6. The highest BCUT2D eigenvalue weighted by Gasteiger charge is 2.19. The van der Waals surface area contributed by atoms with Crippen molar-refractivity contribution < 1.29 is 4.79 Å². The van der Waals surface area contributed by atoms with Crippen LogP contribution in [-0.4, -0.2) is 40.9 Å². The smallest absolute Gasteiger partial charge is 0.267 e. The van der Waals surface area contributed by atoms with Crippen LogP contribution in [0.1, 0.15) is 81.1 Å². The van der Waals surface area contributed by atoms with Crippen LogP contribution in [0, 0.1) is 5.41 Å². The van der Waals surface area contributed by atoms with Crippen LogP contribution in [0.25, 0.3) is 0 Å². The van der Waals surface area contributed by atoms with Crippen molar-refractivity contribution in [2.75, 3.05) is 11.9 Å². The van der Waals surface area contributed by atoms with Gasteiger partial charge in [-0.05, 0) is 31.7 Å². The van der Waals surface area contributed by atoms with Gasteiger partial charge in [0.2, 0.25) is 0 Å². The summed E-state index contributed by atoms with van der Waals surface area (Å²) in [5.41, 5.74) is 6.78. The van der Waals surface area contributed by atoms with Gasteiger partial charge < -0.3 is 26.3 Å². The molecule has 0 saturated heterocycles. The third-order valence-corrected chi connectivity index (χ3v) is 6.01. The number of carbonyl (C=O) groups is 1. The molecule has 1 aromatic rings. The number of hydrogen-bond acceptors (Lipinski definition) is 3. The predicted octanol–water partition coefficient (Wildman–Crippen LogP) is 3.10. The van der Waals surface area contributed by atoms with Crippen molar-refractivity contribution in [3.8, 4) is 0 Å². The van der Waals surface area contributed by atoms with Gasteiger partial charge >= 0.3 is 0 Å². The van der Waals surface area contributed by atoms with Crippen molar-refractivity contribution in [2.24, 2.45) is 17.8 Å². The van der Waals surface area contributed by atoms with Gasteiger partial charge in [0.15, 0.2) is 5.96 Å². The van der Waals surface area contributed by atoms with Crippen molar-refractivity contribution in [3.63, 3.8) is 0 Å². The Hall–Kier alpha value is -2.51. The molecule has 6 N–H and O–H groups in total. The quantitative estimate of drug-likeness (QED) is 0.347. The van der Waals surface area contributed by atoms with Crippen molar-refractivity contribution in [1.82, 2.24) is 15.2 Å². The molecular formula is C22H37N7O. The third-order valence-electron chi connectivity index (χ3n) is 6.01. The summed E-state index contributed by atoms with van der Waals surface area (Å²) < 4.78 is 1.81. The molecule has 0 aliphatic heterocycles. The fourth-order valence-electron chi connectivity index (χ4n) is 4.34.